The Morgan fingerprint density at radius 1 is 1.09 bits per heavy atom. The van der Waals surface area contributed by atoms with Gasteiger partial charge < -0.3 is 14.8 Å². The molecule has 0 amide bonds. The number of fused-ring (bicyclic) bond motifs is 1. The molecule has 3 heterocycles. The number of benzene rings is 1. The maximum Gasteiger partial charge on any atom is 0.277 e. The normalized spacial score (nSPS) is 16.4. The number of aromatic nitrogens is 3. The van der Waals surface area contributed by atoms with Crippen LogP contribution in [0.1, 0.15) is 74.6 Å². The molecule has 35 heavy (non-hydrogen) atoms. The summed E-state index contributed by atoms with van der Waals surface area (Å²) in [5, 5.41) is 3.71. The molecule has 2 aromatic heterocycles. The zero-order valence-electron chi connectivity index (χ0n) is 20.8. The molecule has 1 atom stereocenters. The Balaban J connectivity index is 1.74. The average molecular weight is 488 g/mol. The van der Waals surface area contributed by atoms with Gasteiger partial charge in [-0.25, -0.2) is 23.1 Å². The van der Waals surface area contributed by atoms with Gasteiger partial charge in [0.15, 0.2) is 0 Å². The zero-order valence-corrected chi connectivity index (χ0v) is 20.8. The lowest BCUT2D eigenvalue weighted by atomic mass is 9.91. The number of piperidine rings is 1. The third kappa shape index (κ3) is 4.91. The molecule has 0 unspecified atom stereocenters. The molecule has 0 aliphatic carbocycles. The van der Waals surface area contributed by atoms with Crippen LogP contribution in [0.15, 0.2) is 29.1 Å². The Hall–Kier alpha value is -2.94. The first-order valence-electron chi connectivity index (χ1n) is 12.0. The van der Waals surface area contributed by atoms with E-state index in [0.29, 0.717) is 23.1 Å². The van der Waals surface area contributed by atoms with Gasteiger partial charge >= 0.3 is 0 Å². The second-order valence-electron chi connectivity index (χ2n) is 9.64. The number of halogens is 3. The zero-order chi connectivity index (χ0) is 25.4. The molecule has 0 spiro atoms. The highest BCUT2D eigenvalue weighted by atomic mass is 19.3. The van der Waals surface area contributed by atoms with Crippen molar-refractivity contribution >= 4 is 16.7 Å². The number of hydrogen-bond acceptors (Lipinski definition) is 5. The molecule has 9 heteroatoms. The summed E-state index contributed by atoms with van der Waals surface area (Å²) in [6.45, 7) is 9.65. The van der Waals surface area contributed by atoms with Gasteiger partial charge in [-0.05, 0) is 59.7 Å². The summed E-state index contributed by atoms with van der Waals surface area (Å²) >= 11 is 0. The average Bonchev–Trinajstić information content (AvgIpc) is 2.81. The van der Waals surface area contributed by atoms with E-state index in [2.05, 4.69) is 34.0 Å². The first-order chi connectivity index (χ1) is 16.6. The number of alkyl halides is 2. The second kappa shape index (κ2) is 9.97. The van der Waals surface area contributed by atoms with Crippen molar-refractivity contribution in [3.8, 4) is 0 Å². The van der Waals surface area contributed by atoms with E-state index in [1.165, 1.54) is 12.1 Å². The van der Waals surface area contributed by atoms with Crippen molar-refractivity contribution in [3.05, 3.63) is 63.1 Å². The minimum atomic E-state index is -2.91. The first kappa shape index (κ1) is 25.2. The highest BCUT2D eigenvalue weighted by molar-refractivity contribution is 5.89. The molecular formula is C26H32F3N5O. The van der Waals surface area contributed by atoms with Gasteiger partial charge in [0.2, 0.25) is 0 Å². The van der Waals surface area contributed by atoms with Crippen molar-refractivity contribution in [2.24, 2.45) is 7.05 Å². The second-order valence-corrected chi connectivity index (χ2v) is 9.64. The Kier molecular flexibility index (Phi) is 7.17. The van der Waals surface area contributed by atoms with E-state index < -0.39 is 23.8 Å². The van der Waals surface area contributed by atoms with Gasteiger partial charge in [-0.15, -0.1) is 0 Å². The van der Waals surface area contributed by atoms with Gasteiger partial charge in [0, 0.05) is 30.3 Å². The van der Waals surface area contributed by atoms with E-state index in [-0.39, 0.29) is 22.6 Å². The third-order valence-electron chi connectivity index (χ3n) is 7.04. The maximum atomic E-state index is 14.8. The molecule has 1 fully saturated rings. The predicted molar refractivity (Wildman–Crippen MR) is 132 cm³/mol. The van der Waals surface area contributed by atoms with Gasteiger partial charge in [-0.3, -0.25) is 4.79 Å². The molecule has 0 saturated carbocycles. The van der Waals surface area contributed by atoms with Gasteiger partial charge in [0.05, 0.1) is 17.0 Å². The molecule has 1 N–H and O–H groups in total. The van der Waals surface area contributed by atoms with Crippen molar-refractivity contribution in [2.75, 3.05) is 18.4 Å². The monoisotopic (exact) mass is 487 g/mol. The number of nitrogens with one attached hydrogen (secondary N) is 1. The SMILES string of the molecule is Cc1nc(N[C@H](C)c2cccc(C(F)F)c2F)c2cc(C3CCN(C(C)C)CC3)n(C)c(=O)c2n1. The van der Waals surface area contributed by atoms with E-state index in [0.717, 1.165) is 37.7 Å². The van der Waals surface area contributed by atoms with Crippen LogP contribution in [-0.2, 0) is 7.05 Å². The van der Waals surface area contributed by atoms with Crippen LogP contribution < -0.4 is 10.9 Å². The fourth-order valence-corrected chi connectivity index (χ4v) is 4.97. The summed E-state index contributed by atoms with van der Waals surface area (Å²) in [5.74, 6) is 0.0643. The van der Waals surface area contributed by atoms with Gasteiger partial charge in [0.1, 0.15) is 23.0 Å². The largest absolute Gasteiger partial charge is 0.363 e. The Morgan fingerprint density at radius 3 is 2.37 bits per heavy atom. The van der Waals surface area contributed by atoms with Crippen LogP contribution >= 0.6 is 0 Å². The predicted octanol–water partition coefficient (Wildman–Crippen LogP) is 5.47. The highest BCUT2D eigenvalue weighted by Gasteiger charge is 2.26. The Morgan fingerprint density at radius 2 is 1.74 bits per heavy atom. The summed E-state index contributed by atoms with van der Waals surface area (Å²) in [4.78, 5) is 24.6. The van der Waals surface area contributed by atoms with E-state index >= 15 is 0 Å². The number of rotatable bonds is 6. The van der Waals surface area contributed by atoms with Crippen LogP contribution in [-0.4, -0.2) is 38.6 Å². The molecule has 0 radical (unpaired) electrons. The summed E-state index contributed by atoms with van der Waals surface area (Å²) in [7, 11) is 1.77. The molecular weight excluding hydrogens is 455 g/mol. The van der Waals surface area contributed by atoms with Gasteiger partial charge in [0.25, 0.3) is 12.0 Å². The number of anilines is 1. The van der Waals surface area contributed by atoms with Crippen LogP contribution in [0.2, 0.25) is 0 Å². The minimum absolute atomic E-state index is 0.109. The van der Waals surface area contributed by atoms with Gasteiger partial charge in [-0.2, -0.15) is 0 Å². The molecule has 6 nitrogen and oxygen atoms in total. The number of pyridine rings is 1. The summed E-state index contributed by atoms with van der Waals surface area (Å²) in [6, 6.07) is 5.75. The lowest BCUT2D eigenvalue weighted by Gasteiger charge is -2.35. The maximum absolute atomic E-state index is 14.8. The van der Waals surface area contributed by atoms with Crippen LogP contribution in [0.3, 0.4) is 0 Å². The van der Waals surface area contributed by atoms with Crippen LogP contribution in [0.4, 0.5) is 19.0 Å². The minimum Gasteiger partial charge on any atom is -0.363 e. The van der Waals surface area contributed by atoms with Crippen LogP contribution in [0.5, 0.6) is 0 Å². The van der Waals surface area contributed by atoms with Crippen LogP contribution in [0, 0.1) is 12.7 Å². The first-order valence-corrected chi connectivity index (χ1v) is 12.0. The van der Waals surface area contributed by atoms with E-state index in [9.17, 15) is 18.0 Å². The van der Waals surface area contributed by atoms with E-state index in [1.54, 1.807) is 25.5 Å². The van der Waals surface area contributed by atoms with E-state index in [1.807, 2.05) is 6.07 Å². The Labute approximate surface area is 203 Å². The molecule has 1 aliphatic rings. The van der Waals surface area contributed by atoms with E-state index in [4.69, 9.17) is 0 Å². The fourth-order valence-electron chi connectivity index (χ4n) is 4.97. The van der Waals surface area contributed by atoms with Crippen molar-refractivity contribution in [2.45, 2.75) is 65.0 Å². The highest BCUT2D eigenvalue weighted by Crippen LogP contribution is 2.33. The molecule has 1 aromatic carbocycles. The summed E-state index contributed by atoms with van der Waals surface area (Å²) < 4.78 is 42.9. The van der Waals surface area contributed by atoms with Crippen molar-refractivity contribution < 1.29 is 13.2 Å². The molecule has 1 saturated heterocycles. The standard InChI is InChI=1S/C26H32F3N5O/c1-14(2)34-11-9-17(10-12-34)21-13-20-23(26(35)33(21)5)31-16(4)32-25(20)30-15(3)18-7-6-8-19(22(18)27)24(28)29/h6-8,13-15,17,24H,9-12H2,1-5H3,(H,30,31,32)/t15-/m1/s1. The molecule has 188 valence electrons. The lowest BCUT2D eigenvalue weighted by Crippen LogP contribution is -2.38. The molecule has 3 aromatic rings. The number of hydrogen-bond donors (Lipinski definition) is 1. The summed E-state index contributed by atoms with van der Waals surface area (Å²) in [6.07, 6.45) is -1.03. The Bertz CT molecular complexity index is 1280. The molecule has 4 rings (SSSR count). The summed E-state index contributed by atoms with van der Waals surface area (Å²) in [5.41, 5.74) is 0.455. The quantitative estimate of drug-likeness (QED) is 0.499. The number of nitrogens with zero attached hydrogens (tertiary/aromatic N) is 4. The topological polar surface area (TPSA) is 63.1 Å². The van der Waals surface area contributed by atoms with Crippen molar-refractivity contribution in [3.63, 3.8) is 0 Å². The fraction of sp³-hybridized carbons (Fsp3) is 0.500. The van der Waals surface area contributed by atoms with Crippen molar-refractivity contribution in [1.82, 2.24) is 19.4 Å². The smallest absolute Gasteiger partial charge is 0.277 e. The van der Waals surface area contributed by atoms with Gasteiger partial charge in [-0.1, -0.05) is 18.2 Å². The molecule has 1 aliphatic heterocycles. The molecule has 0 bridgehead atoms. The van der Waals surface area contributed by atoms with Crippen LogP contribution in [0.25, 0.3) is 10.9 Å². The lowest BCUT2D eigenvalue weighted by molar-refractivity contribution is 0.146. The number of aryl methyl sites for hydroxylation is 1. The van der Waals surface area contributed by atoms with Crippen molar-refractivity contribution in [1.29, 1.82) is 0 Å². The third-order valence-corrected chi connectivity index (χ3v) is 7.04. The number of likely N-dealkylation sites (tertiary alicyclic amines) is 1.